The molecule has 7 rings (SSSR count). The number of carbonyl (C=O) groups is 2. The maximum atomic E-state index is 13.9. The first-order chi connectivity index (χ1) is 21.6. The molecule has 2 amide bonds. The van der Waals surface area contributed by atoms with E-state index >= 15 is 0 Å². The van der Waals surface area contributed by atoms with E-state index in [1.807, 2.05) is 62.4 Å². The second kappa shape index (κ2) is 10.5. The first-order valence-electron chi connectivity index (χ1n) is 14.9. The minimum absolute atomic E-state index is 0.0821. The van der Waals surface area contributed by atoms with Crippen LogP contribution in [0.2, 0.25) is 0 Å². The molecule has 0 saturated carbocycles. The fourth-order valence-corrected chi connectivity index (χ4v) is 6.44. The monoisotopic (exact) mass is 608 g/mol. The number of ether oxygens (including phenoxy) is 1. The lowest BCUT2D eigenvalue weighted by Crippen LogP contribution is -2.52. The van der Waals surface area contributed by atoms with E-state index in [1.165, 1.54) is 6.26 Å². The molecule has 4 aromatic rings. The maximum Gasteiger partial charge on any atom is 0.250 e. The summed E-state index contributed by atoms with van der Waals surface area (Å²) in [6, 6.07) is 13.8. The van der Waals surface area contributed by atoms with Crippen molar-refractivity contribution in [3.8, 4) is 23.4 Å². The number of nitrogens with one attached hydrogen (secondary N) is 3. The van der Waals surface area contributed by atoms with Crippen molar-refractivity contribution in [2.75, 3.05) is 5.32 Å². The van der Waals surface area contributed by atoms with Crippen LogP contribution < -0.4 is 20.7 Å². The van der Waals surface area contributed by atoms with Crippen molar-refractivity contribution in [1.29, 1.82) is 5.26 Å². The van der Waals surface area contributed by atoms with E-state index in [0.717, 1.165) is 22.4 Å². The Morgan fingerprint density at radius 2 is 1.93 bits per heavy atom. The standard InChI is InChI=1S/C33H32N6O6/c1-15(2)24-31-39-25(30-35-18(13-34)14-43-30)27(45-31)33-19-7-5-6-8-21(19)37-32(33)44-23-10-9-17(11-20(23)33)12-22(28(41)38-24)36-29(42)26(40)16(3)4/h5-11,14-16,22,24,26,32,37,40H,12H2,1-4H3,(H,36,42)(H,38,41)/t22-,24-,26-,32+,33?/m0/s1. The van der Waals surface area contributed by atoms with Gasteiger partial charge in [0.25, 0.3) is 0 Å². The zero-order chi connectivity index (χ0) is 31.6. The zero-order valence-corrected chi connectivity index (χ0v) is 25.1. The second-order valence-corrected chi connectivity index (χ2v) is 12.4. The number of amides is 2. The number of carbonyl (C=O) groups excluding carboxylic acids is 2. The quantitative estimate of drug-likeness (QED) is 0.262. The van der Waals surface area contributed by atoms with Crippen LogP contribution in [0.1, 0.15) is 67.8 Å². The van der Waals surface area contributed by atoms with Gasteiger partial charge < -0.3 is 34.6 Å². The number of benzene rings is 2. The number of rotatable bonds is 5. The number of nitriles is 1. The number of fused-ring (bicyclic) bond motifs is 4. The first-order valence-corrected chi connectivity index (χ1v) is 14.9. The average molecular weight is 609 g/mol. The van der Waals surface area contributed by atoms with Crippen LogP contribution in [-0.4, -0.2) is 45.3 Å². The predicted molar refractivity (Wildman–Crippen MR) is 160 cm³/mol. The molecule has 3 aliphatic heterocycles. The van der Waals surface area contributed by atoms with Crippen molar-refractivity contribution in [1.82, 2.24) is 20.6 Å². The Bertz CT molecular complexity index is 1870. The minimum Gasteiger partial charge on any atom is -0.469 e. The topological polar surface area (TPSA) is 176 Å². The molecule has 4 N–H and O–H groups in total. The first kappa shape index (κ1) is 28.6. The molecule has 0 fully saturated rings. The van der Waals surface area contributed by atoms with Crippen molar-refractivity contribution in [3.63, 3.8) is 0 Å². The van der Waals surface area contributed by atoms with Gasteiger partial charge in [-0.05, 0) is 35.1 Å². The number of anilines is 1. The third kappa shape index (κ3) is 4.37. The molecule has 12 heteroatoms. The Balaban J connectivity index is 1.48. The molecule has 2 aromatic carbocycles. The van der Waals surface area contributed by atoms with Gasteiger partial charge in [-0.15, -0.1) is 0 Å². The summed E-state index contributed by atoms with van der Waals surface area (Å²) in [4.78, 5) is 36.1. The van der Waals surface area contributed by atoms with Crippen molar-refractivity contribution in [2.24, 2.45) is 11.8 Å². The summed E-state index contributed by atoms with van der Waals surface area (Å²) in [7, 11) is 0. The Morgan fingerprint density at radius 3 is 2.67 bits per heavy atom. The summed E-state index contributed by atoms with van der Waals surface area (Å²) in [5.41, 5.74) is 2.57. The van der Waals surface area contributed by atoms with E-state index in [4.69, 9.17) is 18.6 Å². The fourth-order valence-electron chi connectivity index (χ4n) is 6.44. The lowest BCUT2D eigenvalue weighted by molar-refractivity contribution is -0.135. The van der Waals surface area contributed by atoms with Crippen molar-refractivity contribution in [2.45, 2.75) is 63.9 Å². The van der Waals surface area contributed by atoms with E-state index in [-0.39, 0.29) is 41.4 Å². The summed E-state index contributed by atoms with van der Waals surface area (Å²) in [6.45, 7) is 7.30. The Hall–Kier alpha value is -5.15. The van der Waals surface area contributed by atoms with Crippen molar-refractivity contribution < 1.29 is 28.3 Å². The number of hydrogen-bond acceptors (Lipinski definition) is 10. The summed E-state index contributed by atoms with van der Waals surface area (Å²) in [5, 5.41) is 29.3. The smallest absolute Gasteiger partial charge is 0.250 e. The molecule has 5 atom stereocenters. The number of para-hydroxylation sites is 1. The van der Waals surface area contributed by atoms with Crippen LogP contribution in [0.15, 0.2) is 57.6 Å². The highest BCUT2D eigenvalue weighted by Crippen LogP contribution is 2.59. The third-order valence-electron chi connectivity index (χ3n) is 8.77. The molecule has 5 heterocycles. The van der Waals surface area contributed by atoms with Gasteiger partial charge in [0.2, 0.25) is 23.6 Å². The molecule has 4 bridgehead atoms. The molecule has 230 valence electrons. The Morgan fingerprint density at radius 1 is 1.13 bits per heavy atom. The third-order valence-corrected chi connectivity index (χ3v) is 8.77. The van der Waals surface area contributed by atoms with Crippen LogP contribution in [0.5, 0.6) is 5.75 Å². The molecule has 3 aliphatic rings. The van der Waals surface area contributed by atoms with Crippen LogP contribution in [0.25, 0.3) is 11.6 Å². The molecule has 0 radical (unpaired) electrons. The second-order valence-electron chi connectivity index (χ2n) is 12.4. The van der Waals surface area contributed by atoms with Gasteiger partial charge in [-0.1, -0.05) is 58.0 Å². The van der Waals surface area contributed by atoms with E-state index in [9.17, 15) is 20.0 Å². The fraction of sp³-hybridized carbons (Fsp3) is 0.364. The van der Waals surface area contributed by atoms with Gasteiger partial charge in [0.15, 0.2) is 23.4 Å². The number of hydrogen-bond donors (Lipinski definition) is 4. The molecular formula is C33H32N6O6. The molecule has 0 saturated heterocycles. The molecule has 1 spiro atoms. The number of nitrogens with zero attached hydrogens (tertiary/aromatic N) is 3. The van der Waals surface area contributed by atoms with Gasteiger partial charge in [0.1, 0.15) is 41.7 Å². The summed E-state index contributed by atoms with van der Waals surface area (Å²) in [6.07, 6.45) is -0.498. The van der Waals surface area contributed by atoms with Gasteiger partial charge in [-0.3, -0.25) is 9.59 Å². The lowest BCUT2D eigenvalue weighted by atomic mass is 9.72. The predicted octanol–water partition coefficient (Wildman–Crippen LogP) is 3.55. The van der Waals surface area contributed by atoms with Crippen LogP contribution in [-0.2, 0) is 21.4 Å². The molecule has 12 nitrogen and oxygen atoms in total. The van der Waals surface area contributed by atoms with Crippen molar-refractivity contribution in [3.05, 3.63) is 82.8 Å². The molecule has 0 aliphatic carbocycles. The van der Waals surface area contributed by atoms with E-state index in [1.54, 1.807) is 13.8 Å². The summed E-state index contributed by atoms with van der Waals surface area (Å²) in [5.74, 6) is -0.322. The summed E-state index contributed by atoms with van der Waals surface area (Å²) < 4.78 is 19.0. The molecule has 45 heavy (non-hydrogen) atoms. The molecule has 2 aromatic heterocycles. The van der Waals surface area contributed by atoms with E-state index in [0.29, 0.717) is 11.5 Å². The van der Waals surface area contributed by atoms with Crippen LogP contribution in [0.4, 0.5) is 5.69 Å². The highest BCUT2D eigenvalue weighted by Gasteiger charge is 2.61. The SMILES string of the molecule is CC(C)[C@H](O)C(=O)N[C@H]1Cc2ccc3c(c2)C2(c4ccccc4N[C@@H]2O3)c2oc(nc2-c2nc(C#N)co2)[C@H](C(C)C)NC1=O. The summed E-state index contributed by atoms with van der Waals surface area (Å²) >= 11 is 0. The largest absolute Gasteiger partial charge is 0.469 e. The highest BCUT2D eigenvalue weighted by atomic mass is 16.5. The van der Waals surface area contributed by atoms with Gasteiger partial charge in [0, 0.05) is 17.7 Å². The van der Waals surface area contributed by atoms with E-state index < -0.39 is 41.6 Å². The number of oxazole rings is 2. The normalized spacial score (nSPS) is 23.5. The van der Waals surface area contributed by atoms with E-state index in [2.05, 4.69) is 20.9 Å². The Kier molecular flexibility index (Phi) is 6.67. The molecular weight excluding hydrogens is 576 g/mol. The zero-order valence-electron chi connectivity index (χ0n) is 25.1. The maximum absolute atomic E-state index is 13.9. The number of aromatic nitrogens is 2. The number of aliphatic hydroxyl groups is 1. The van der Waals surface area contributed by atoms with Crippen LogP contribution in [0.3, 0.4) is 0 Å². The lowest BCUT2D eigenvalue weighted by Gasteiger charge is -2.29. The van der Waals surface area contributed by atoms with Crippen LogP contribution >= 0.6 is 0 Å². The van der Waals surface area contributed by atoms with Crippen LogP contribution in [0, 0.1) is 23.2 Å². The minimum atomic E-state index is -1.28. The average Bonchev–Trinajstić information content (AvgIpc) is 3.79. The van der Waals surface area contributed by atoms with Gasteiger partial charge >= 0.3 is 0 Å². The Labute approximate surface area is 258 Å². The number of aliphatic hydroxyl groups excluding tert-OH is 1. The van der Waals surface area contributed by atoms with Crippen molar-refractivity contribution >= 4 is 17.5 Å². The molecule has 1 unspecified atom stereocenters. The van der Waals surface area contributed by atoms with Gasteiger partial charge in [-0.25, -0.2) is 4.98 Å². The van der Waals surface area contributed by atoms with Gasteiger partial charge in [-0.2, -0.15) is 10.2 Å². The van der Waals surface area contributed by atoms with Gasteiger partial charge in [0.05, 0.1) is 0 Å². The highest BCUT2D eigenvalue weighted by molar-refractivity contribution is 5.90.